The Bertz CT molecular complexity index is 1790. The third-order valence-corrected chi connectivity index (χ3v) is 17.1. The lowest BCUT2D eigenvalue weighted by molar-refractivity contribution is -0.385. The Kier molecular flexibility index (Phi) is 11.6. The molecule has 0 radical (unpaired) electrons. The maximum absolute atomic E-state index is 14.0. The molecule has 0 bridgehead atoms. The lowest BCUT2D eigenvalue weighted by Gasteiger charge is -2.50. The molecule has 2 amide bonds. The molecule has 286 valence electrons. The van der Waals surface area contributed by atoms with Gasteiger partial charge in [-0.3, -0.25) is 34.7 Å². The van der Waals surface area contributed by atoms with Crippen molar-refractivity contribution in [3.8, 4) is 0 Å². The third kappa shape index (κ3) is 8.20. The van der Waals surface area contributed by atoms with Crippen molar-refractivity contribution in [2.75, 3.05) is 20.6 Å². The van der Waals surface area contributed by atoms with Crippen LogP contribution in [-0.2, 0) is 36.7 Å². The van der Waals surface area contributed by atoms with Crippen molar-refractivity contribution in [1.82, 2.24) is 14.7 Å². The summed E-state index contributed by atoms with van der Waals surface area (Å²) >= 11 is 1.50. The summed E-state index contributed by atoms with van der Waals surface area (Å²) in [7, 11) is 1.18. The number of hydrogen-bond acceptors (Lipinski definition) is 11. The topological polar surface area (TPSA) is 166 Å². The first-order valence-electron chi connectivity index (χ1n) is 17.7. The minimum Gasteiger partial charge on any atom is -0.456 e. The van der Waals surface area contributed by atoms with E-state index >= 15 is 0 Å². The molecule has 0 N–H and O–H groups in total. The van der Waals surface area contributed by atoms with E-state index in [0.717, 1.165) is 10.5 Å². The Morgan fingerprint density at radius 1 is 1.00 bits per heavy atom. The zero-order valence-corrected chi connectivity index (χ0v) is 33.5. The molecule has 3 aliphatic heterocycles. The molecular formula is C37H49N5O9SSi. The zero-order chi connectivity index (χ0) is 39.2. The molecule has 2 fully saturated rings. The number of carbonyl (C=O) groups is 3. The molecule has 0 aromatic heterocycles. The standard InChI is InChI=1S/C37H49N5O9SSi/c1-22-31-30(23(2)51-53(8,9)37(3,4)5)35(44)40(31)32(36(45)50-21-25-12-16-27(17-13-25)42(48)49)33(22)52-28-18-29(34(43)38(6)7)39(20-28)19-24-10-14-26(15-11-24)41(46)47/h10-17,22-23,28-31H,18-21H2,1-9H3/t22-,23?,28+,29+,30-,31-/m1/s1. The molecule has 5 rings (SSSR count). The number of ether oxygens (including phenoxy) is 1. The monoisotopic (exact) mass is 767 g/mol. The first kappa shape index (κ1) is 40.1. The van der Waals surface area contributed by atoms with E-state index in [1.807, 2.05) is 13.8 Å². The van der Waals surface area contributed by atoms with Crippen molar-refractivity contribution in [1.29, 1.82) is 0 Å². The van der Waals surface area contributed by atoms with Gasteiger partial charge in [0.15, 0.2) is 8.32 Å². The normalized spacial score (nSPS) is 23.8. The Hall–Kier alpha value is -4.12. The Morgan fingerprint density at radius 3 is 2.06 bits per heavy atom. The Labute approximate surface area is 315 Å². The molecule has 3 heterocycles. The van der Waals surface area contributed by atoms with Crippen molar-refractivity contribution < 1.29 is 33.4 Å². The van der Waals surface area contributed by atoms with Gasteiger partial charge in [-0.1, -0.05) is 39.8 Å². The molecule has 0 spiro atoms. The number of carbonyl (C=O) groups excluding carboxylic acids is 3. The van der Waals surface area contributed by atoms with Gasteiger partial charge in [-0.2, -0.15) is 0 Å². The molecule has 0 aliphatic carbocycles. The van der Waals surface area contributed by atoms with Crippen LogP contribution in [-0.4, -0.2) is 94.7 Å². The van der Waals surface area contributed by atoms with Gasteiger partial charge in [-0.05, 0) is 54.7 Å². The summed E-state index contributed by atoms with van der Waals surface area (Å²) < 4.78 is 12.5. The fourth-order valence-electron chi connectivity index (χ4n) is 7.12. The summed E-state index contributed by atoms with van der Waals surface area (Å²) in [6.07, 6.45) is 0.114. The van der Waals surface area contributed by atoms with E-state index in [1.165, 1.54) is 48.2 Å². The minimum atomic E-state index is -2.23. The highest BCUT2D eigenvalue weighted by atomic mass is 32.2. The van der Waals surface area contributed by atoms with Crippen molar-refractivity contribution in [2.24, 2.45) is 11.8 Å². The van der Waals surface area contributed by atoms with Gasteiger partial charge in [-0.25, -0.2) is 4.79 Å². The van der Waals surface area contributed by atoms with Gasteiger partial charge in [0, 0.05) is 67.5 Å². The van der Waals surface area contributed by atoms with Gasteiger partial charge < -0.3 is 19.0 Å². The predicted octanol–water partition coefficient (Wildman–Crippen LogP) is 6.11. The molecule has 3 aliphatic rings. The number of nitro groups is 2. The van der Waals surface area contributed by atoms with Crippen LogP contribution >= 0.6 is 11.8 Å². The van der Waals surface area contributed by atoms with Crippen molar-refractivity contribution in [2.45, 2.75) is 95.8 Å². The lowest BCUT2D eigenvalue weighted by atomic mass is 9.79. The van der Waals surface area contributed by atoms with Crippen molar-refractivity contribution >= 4 is 49.2 Å². The molecule has 2 saturated heterocycles. The predicted molar refractivity (Wildman–Crippen MR) is 203 cm³/mol. The lowest BCUT2D eigenvalue weighted by Crippen LogP contribution is -2.65. The minimum absolute atomic E-state index is 0.0128. The number of hydrogen-bond donors (Lipinski definition) is 0. The van der Waals surface area contributed by atoms with Gasteiger partial charge in [0.2, 0.25) is 11.8 Å². The van der Waals surface area contributed by atoms with E-state index in [0.29, 0.717) is 25.1 Å². The van der Waals surface area contributed by atoms with Crippen molar-refractivity contribution in [3.05, 3.63) is 90.5 Å². The number of β-lactam (4-membered cyclic amide) rings is 1. The summed E-state index contributed by atoms with van der Waals surface area (Å²) in [6.45, 7) is 15.5. The van der Waals surface area contributed by atoms with E-state index in [-0.39, 0.29) is 63.8 Å². The molecule has 6 atom stereocenters. The first-order valence-corrected chi connectivity index (χ1v) is 21.5. The number of esters is 1. The number of amides is 2. The van der Waals surface area contributed by atoms with Crippen LogP contribution in [0.2, 0.25) is 18.1 Å². The van der Waals surface area contributed by atoms with Crippen LogP contribution in [0.25, 0.3) is 0 Å². The zero-order valence-electron chi connectivity index (χ0n) is 31.7. The summed E-state index contributed by atoms with van der Waals surface area (Å²) in [5.41, 5.74) is 1.49. The average molecular weight is 768 g/mol. The summed E-state index contributed by atoms with van der Waals surface area (Å²) in [5.74, 6) is -1.60. The quantitative estimate of drug-likeness (QED) is 0.0759. The fraction of sp³-hybridized carbons (Fsp3) is 0.541. The molecule has 16 heteroatoms. The maximum atomic E-state index is 14.0. The molecule has 2 aromatic rings. The van der Waals surface area contributed by atoms with E-state index in [1.54, 1.807) is 36.0 Å². The summed E-state index contributed by atoms with van der Waals surface area (Å²) in [4.78, 5) is 68.7. The number of rotatable bonds is 13. The summed E-state index contributed by atoms with van der Waals surface area (Å²) in [6, 6.07) is 11.3. The average Bonchev–Trinajstić information content (AvgIpc) is 3.58. The Balaban J connectivity index is 1.42. The molecule has 1 unspecified atom stereocenters. The highest BCUT2D eigenvalue weighted by Gasteiger charge is 2.61. The summed E-state index contributed by atoms with van der Waals surface area (Å²) in [5, 5.41) is 22.1. The van der Waals surface area contributed by atoms with Gasteiger partial charge >= 0.3 is 5.97 Å². The third-order valence-electron chi connectivity index (χ3n) is 11.0. The fourth-order valence-corrected chi connectivity index (χ4v) is 10.1. The van der Waals surface area contributed by atoms with Gasteiger partial charge in [0.25, 0.3) is 11.4 Å². The van der Waals surface area contributed by atoms with Gasteiger partial charge in [-0.15, -0.1) is 11.8 Å². The van der Waals surface area contributed by atoms with Crippen LogP contribution in [0.15, 0.2) is 59.1 Å². The second-order valence-electron chi connectivity index (χ2n) is 15.9. The number of thioether (sulfide) groups is 1. The smallest absolute Gasteiger partial charge is 0.356 e. The number of non-ortho nitro benzene ring substituents is 2. The second-order valence-corrected chi connectivity index (χ2v) is 22.0. The van der Waals surface area contributed by atoms with Crippen molar-refractivity contribution in [3.63, 3.8) is 0 Å². The highest BCUT2D eigenvalue weighted by Crippen LogP contribution is 2.53. The number of nitrogens with zero attached hydrogens (tertiary/aromatic N) is 5. The first-order chi connectivity index (χ1) is 24.7. The maximum Gasteiger partial charge on any atom is 0.356 e. The van der Waals surface area contributed by atoms with E-state index in [4.69, 9.17) is 9.16 Å². The molecule has 2 aromatic carbocycles. The molecule has 53 heavy (non-hydrogen) atoms. The van der Waals surface area contributed by atoms with Crippen LogP contribution in [0.3, 0.4) is 0 Å². The molecular weight excluding hydrogens is 719 g/mol. The number of nitro benzene ring substituents is 2. The van der Waals surface area contributed by atoms with E-state index in [2.05, 4.69) is 38.8 Å². The van der Waals surface area contributed by atoms with E-state index < -0.39 is 36.1 Å². The number of likely N-dealkylation sites (N-methyl/N-ethyl adjacent to an activating group) is 1. The van der Waals surface area contributed by atoms with Crippen LogP contribution in [0.4, 0.5) is 11.4 Å². The molecule has 14 nitrogen and oxygen atoms in total. The molecule has 0 saturated carbocycles. The van der Waals surface area contributed by atoms with Gasteiger partial charge in [0.05, 0.1) is 34.0 Å². The number of benzene rings is 2. The SMILES string of the molecule is CC(O[Si](C)(C)C(C)(C)C)[C@H]1C(=O)N2C(C(=O)OCc3ccc([N+](=O)[O-])cc3)=C(S[C@H]3C[C@@H](C(=O)N(C)C)N(Cc4ccc([N+](=O)[O-])cc4)C3)[C@H](C)[C@H]12. The second kappa shape index (κ2) is 15.3. The van der Waals surface area contributed by atoms with Crippen LogP contribution in [0, 0.1) is 32.1 Å². The highest BCUT2D eigenvalue weighted by molar-refractivity contribution is 8.03. The van der Waals surface area contributed by atoms with E-state index in [9.17, 15) is 34.6 Å². The Morgan fingerprint density at radius 2 is 1.55 bits per heavy atom. The number of likely N-dealkylation sites (tertiary alicyclic amines) is 1. The van der Waals surface area contributed by atoms with Crippen LogP contribution < -0.4 is 0 Å². The van der Waals surface area contributed by atoms with Crippen LogP contribution in [0.1, 0.15) is 52.2 Å². The van der Waals surface area contributed by atoms with Gasteiger partial charge in [0.1, 0.15) is 12.3 Å². The largest absolute Gasteiger partial charge is 0.456 e. The van der Waals surface area contributed by atoms with Crippen LogP contribution in [0.5, 0.6) is 0 Å². The number of fused-ring (bicyclic) bond motifs is 1.